The third-order valence-corrected chi connectivity index (χ3v) is 2.79. The van der Waals surface area contributed by atoms with Gasteiger partial charge in [0.25, 0.3) is 0 Å². The van der Waals surface area contributed by atoms with Crippen molar-refractivity contribution >= 4 is 5.78 Å². The highest BCUT2D eigenvalue weighted by atomic mass is 19.4. The molecule has 0 aliphatic rings. The number of carbonyl (C=O) groups excluding carboxylic acids is 1. The van der Waals surface area contributed by atoms with Crippen LogP contribution < -0.4 is 5.73 Å². The Bertz CT molecular complexity index is 210. The summed E-state index contributed by atoms with van der Waals surface area (Å²) >= 11 is 0. The van der Waals surface area contributed by atoms with Crippen LogP contribution in [0.1, 0.15) is 51.9 Å². The average Bonchev–Trinajstić information content (AvgIpc) is 2.23. The van der Waals surface area contributed by atoms with Crippen molar-refractivity contribution in [3.8, 4) is 0 Å². The molecule has 5 heteroatoms. The molecule has 0 amide bonds. The summed E-state index contributed by atoms with van der Waals surface area (Å²) in [6.07, 6.45) is -1.84. The largest absolute Gasteiger partial charge is 0.389 e. The van der Waals surface area contributed by atoms with Gasteiger partial charge in [0.15, 0.2) is 0 Å². The lowest BCUT2D eigenvalue weighted by Crippen LogP contribution is -2.13. The first kappa shape index (κ1) is 16.4. The van der Waals surface area contributed by atoms with E-state index in [0.717, 1.165) is 19.3 Å². The lowest BCUT2D eigenvalue weighted by Gasteiger charge is -2.14. The lowest BCUT2D eigenvalue weighted by atomic mass is 9.93. The normalized spacial score (nSPS) is 13.7. The summed E-state index contributed by atoms with van der Waals surface area (Å²) in [6, 6.07) is 0. The zero-order valence-electron chi connectivity index (χ0n) is 10.4. The van der Waals surface area contributed by atoms with Crippen LogP contribution >= 0.6 is 0 Å². The van der Waals surface area contributed by atoms with Gasteiger partial charge in [-0.2, -0.15) is 13.2 Å². The van der Waals surface area contributed by atoms with Crippen LogP contribution in [0.4, 0.5) is 13.2 Å². The molecule has 0 aromatic carbocycles. The van der Waals surface area contributed by atoms with Crippen molar-refractivity contribution in [3.05, 3.63) is 0 Å². The smallest absolute Gasteiger partial charge is 0.330 e. The number of rotatable bonds is 9. The van der Waals surface area contributed by atoms with Gasteiger partial charge in [0, 0.05) is 12.8 Å². The van der Waals surface area contributed by atoms with Crippen molar-refractivity contribution in [3.63, 3.8) is 0 Å². The van der Waals surface area contributed by atoms with E-state index >= 15 is 0 Å². The van der Waals surface area contributed by atoms with Gasteiger partial charge in [0.2, 0.25) is 0 Å². The molecule has 0 aliphatic carbocycles. The van der Waals surface area contributed by atoms with Gasteiger partial charge in [-0.15, -0.1) is 0 Å². The van der Waals surface area contributed by atoms with Crippen molar-refractivity contribution in [2.75, 3.05) is 6.54 Å². The molecule has 0 heterocycles. The Balaban J connectivity index is 3.79. The molecular weight excluding hydrogens is 231 g/mol. The second kappa shape index (κ2) is 8.50. The molecular formula is C12H22F3NO. The minimum atomic E-state index is -4.23. The van der Waals surface area contributed by atoms with Gasteiger partial charge in [-0.3, -0.25) is 4.79 Å². The summed E-state index contributed by atoms with van der Waals surface area (Å²) in [6.45, 7) is 2.62. The third kappa shape index (κ3) is 10.3. The number of Topliss-reactive ketones (excluding diaryl/α,β-unsaturated/α-hetero) is 1. The van der Waals surface area contributed by atoms with Crippen LogP contribution in [0.2, 0.25) is 0 Å². The standard InChI is InChI=1S/C12H22F3NO/c1-2-3-10(7-9-16)4-5-11(17)6-8-12(13,14)15/h10H,2-9,16H2,1H3. The molecule has 0 fully saturated rings. The first-order valence-electron chi connectivity index (χ1n) is 6.17. The second-order valence-electron chi connectivity index (χ2n) is 4.42. The van der Waals surface area contributed by atoms with E-state index < -0.39 is 12.6 Å². The Morgan fingerprint density at radius 1 is 1.18 bits per heavy atom. The maximum absolute atomic E-state index is 11.9. The molecule has 17 heavy (non-hydrogen) atoms. The number of nitrogens with two attached hydrogens (primary N) is 1. The maximum Gasteiger partial charge on any atom is 0.389 e. The average molecular weight is 253 g/mol. The zero-order valence-corrected chi connectivity index (χ0v) is 10.4. The fraction of sp³-hybridized carbons (Fsp3) is 0.917. The highest BCUT2D eigenvalue weighted by molar-refractivity contribution is 5.78. The number of hydrogen-bond acceptors (Lipinski definition) is 2. The summed E-state index contributed by atoms with van der Waals surface area (Å²) in [5.74, 6) is 0.0836. The van der Waals surface area contributed by atoms with Crippen LogP contribution in [-0.4, -0.2) is 18.5 Å². The van der Waals surface area contributed by atoms with E-state index in [4.69, 9.17) is 5.73 Å². The molecule has 0 saturated heterocycles. The Labute approximate surface area is 101 Å². The van der Waals surface area contributed by atoms with Crippen LogP contribution in [-0.2, 0) is 4.79 Å². The molecule has 0 aliphatic heterocycles. The van der Waals surface area contributed by atoms with Crippen LogP contribution in [0, 0.1) is 5.92 Å². The van der Waals surface area contributed by atoms with E-state index in [9.17, 15) is 18.0 Å². The molecule has 102 valence electrons. The van der Waals surface area contributed by atoms with Crippen molar-refractivity contribution in [1.29, 1.82) is 0 Å². The number of hydrogen-bond donors (Lipinski definition) is 1. The highest BCUT2D eigenvalue weighted by Gasteiger charge is 2.27. The van der Waals surface area contributed by atoms with Gasteiger partial charge in [0.05, 0.1) is 6.42 Å². The summed E-state index contributed by atoms with van der Waals surface area (Å²) in [7, 11) is 0. The Morgan fingerprint density at radius 3 is 2.29 bits per heavy atom. The molecule has 2 N–H and O–H groups in total. The van der Waals surface area contributed by atoms with E-state index in [1.807, 2.05) is 0 Å². The lowest BCUT2D eigenvalue weighted by molar-refractivity contribution is -0.143. The van der Waals surface area contributed by atoms with Gasteiger partial charge >= 0.3 is 6.18 Å². The van der Waals surface area contributed by atoms with E-state index in [2.05, 4.69) is 6.92 Å². The topological polar surface area (TPSA) is 43.1 Å². The summed E-state index contributed by atoms with van der Waals surface area (Å²) < 4.78 is 35.7. The Kier molecular flexibility index (Phi) is 8.21. The van der Waals surface area contributed by atoms with E-state index in [-0.39, 0.29) is 18.6 Å². The third-order valence-electron chi connectivity index (χ3n) is 2.79. The van der Waals surface area contributed by atoms with Gasteiger partial charge in [0.1, 0.15) is 5.78 Å². The molecule has 0 saturated carbocycles. The first-order valence-corrected chi connectivity index (χ1v) is 6.17. The van der Waals surface area contributed by atoms with Gasteiger partial charge in [-0.05, 0) is 25.3 Å². The SMILES string of the molecule is CCCC(CCN)CCC(=O)CCC(F)(F)F. The molecule has 0 spiro atoms. The highest BCUT2D eigenvalue weighted by Crippen LogP contribution is 2.23. The molecule has 0 rings (SSSR count). The minimum Gasteiger partial charge on any atom is -0.330 e. The van der Waals surface area contributed by atoms with E-state index in [1.54, 1.807) is 0 Å². The fourth-order valence-corrected chi connectivity index (χ4v) is 1.85. The monoisotopic (exact) mass is 253 g/mol. The number of ketones is 1. The van der Waals surface area contributed by atoms with Gasteiger partial charge in [-0.25, -0.2) is 0 Å². The predicted octanol–water partition coefficient (Wildman–Crippen LogP) is 3.44. The van der Waals surface area contributed by atoms with Crippen LogP contribution in [0.5, 0.6) is 0 Å². The summed E-state index contributed by atoms with van der Waals surface area (Å²) in [4.78, 5) is 11.3. The number of alkyl halides is 3. The van der Waals surface area contributed by atoms with E-state index in [0.29, 0.717) is 18.9 Å². The van der Waals surface area contributed by atoms with E-state index in [1.165, 1.54) is 0 Å². The molecule has 1 unspecified atom stereocenters. The van der Waals surface area contributed by atoms with Crippen molar-refractivity contribution in [1.82, 2.24) is 0 Å². The fourth-order valence-electron chi connectivity index (χ4n) is 1.85. The van der Waals surface area contributed by atoms with Gasteiger partial charge in [-0.1, -0.05) is 19.8 Å². The van der Waals surface area contributed by atoms with Crippen molar-refractivity contribution < 1.29 is 18.0 Å². The van der Waals surface area contributed by atoms with Crippen LogP contribution in [0.15, 0.2) is 0 Å². The Morgan fingerprint density at radius 2 is 1.82 bits per heavy atom. The van der Waals surface area contributed by atoms with Crippen molar-refractivity contribution in [2.45, 2.75) is 58.0 Å². The molecule has 0 aromatic rings. The maximum atomic E-state index is 11.9. The summed E-state index contributed by atoms with van der Waals surface area (Å²) in [5.41, 5.74) is 5.45. The number of halogens is 3. The quantitative estimate of drug-likeness (QED) is 0.684. The first-order chi connectivity index (χ1) is 7.89. The molecule has 0 bridgehead atoms. The molecule has 0 aromatic heterocycles. The van der Waals surface area contributed by atoms with Crippen molar-refractivity contribution in [2.24, 2.45) is 11.7 Å². The Hall–Kier alpha value is -0.580. The zero-order chi connectivity index (χ0) is 13.3. The molecule has 1 atom stereocenters. The number of carbonyl (C=O) groups is 1. The van der Waals surface area contributed by atoms with Gasteiger partial charge < -0.3 is 5.73 Å². The molecule has 0 radical (unpaired) electrons. The predicted molar refractivity (Wildman–Crippen MR) is 61.6 cm³/mol. The minimum absolute atomic E-state index is 0.251. The van der Waals surface area contributed by atoms with Crippen LogP contribution in [0.25, 0.3) is 0 Å². The summed E-state index contributed by atoms with van der Waals surface area (Å²) in [5, 5.41) is 0. The molecule has 2 nitrogen and oxygen atoms in total. The second-order valence-corrected chi connectivity index (χ2v) is 4.42. The van der Waals surface area contributed by atoms with Crippen LogP contribution in [0.3, 0.4) is 0 Å².